The van der Waals surface area contributed by atoms with Gasteiger partial charge >= 0.3 is 23.1 Å². The van der Waals surface area contributed by atoms with Gasteiger partial charge in [0, 0.05) is 0 Å². The van der Waals surface area contributed by atoms with Crippen molar-refractivity contribution in [3.63, 3.8) is 0 Å². The first kappa shape index (κ1) is 17.3. The zero-order chi connectivity index (χ0) is 5.11. The minimum Gasteiger partial charge on any atom is -1.00 e. The van der Waals surface area contributed by atoms with Crippen molar-refractivity contribution in [3.05, 3.63) is 6.92 Å². The fraction of sp³-hybridized carbons (Fsp3) is 0.857. The molecule has 0 aromatic rings. The Labute approximate surface area is 90.8 Å². The van der Waals surface area contributed by atoms with Gasteiger partial charge in [-0.3, -0.25) is 0 Å². The van der Waals surface area contributed by atoms with Crippen molar-refractivity contribution < 1.29 is 17.0 Å². The van der Waals surface area contributed by atoms with Crippen molar-refractivity contribution in [3.8, 4) is 0 Å². The largest absolute Gasteiger partial charge is 2.00 e. The van der Waals surface area contributed by atoms with Crippen molar-refractivity contribution in [1.29, 1.82) is 0 Å². The third kappa shape index (κ3) is 7.31. The van der Waals surface area contributed by atoms with Gasteiger partial charge in [0.05, 0.1) is 0 Å². The monoisotopic (exact) mass is 217 g/mol. The molecule has 0 atom stereocenters. The third-order valence-electron chi connectivity index (χ3n) is 1.72. The van der Waals surface area contributed by atoms with Gasteiger partial charge in [0.25, 0.3) is 0 Å². The quantitative estimate of drug-likeness (QED) is 0.419. The maximum atomic E-state index is 4.00. The second-order valence-electron chi connectivity index (χ2n) is 2.50. The van der Waals surface area contributed by atoms with Crippen molar-refractivity contribution in [1.82, 2.24) is 6.15 Å². The smallest absolute Gasteiger partial charge is 1.00 e. The van der Waals surface area contributed by atoms with Crippen LogP contribution in [-0.4, -0.2) is 23.1 Å². The van der Waals surface area contributed by atoms with Gasteiger partial charge in [-0.05, 0) is 0 Å². The van der Waals surface area contributed by atoms with Crippen molar-refractivity contribution in [2.45, 2.75) is 32.1 Å². The van der Waals surface area contributed by atoms with Crippen LogP contribution in [-0.2, 0) is 0 Å². The Hall–Kier alpha value is 1.21. The molecule has 0 aromatic carbocycles. The van der Waals surface area contributed by atoms with Crippen LogP contribution < -0.4 is 23.1 Å². The molecule has 0 heterocycles. The molecule has 1 rings (SSSR count). The Bertz CT molecular complexity index is 55.6. The molecule has 0 saturated heterocycles. The Morgan fingerprint density at radius 2 is 1.40 bits per heavy atom. The van der Waals surface area contributed by atoms with E-state index in [0.29, 0.717) is 0 Å². The van der Waals surface area contributed by atoms with E-state index in [9.17, 15) is 0 Å². The molecule has 0 unspecified atom stereocenters. The molecule has 1 aliphatic carbocycles. The number of rotatable bonds is 0. The molecule has 10 heavy (non-hydrogen) atoms. The molecule has 0 radical (unpaired) electrons. The van der Waals surface area contributed by atoms with Crippen LogP contribution in [0.1, 0.15) is 32.1 Å². The van der Waals surface area contributed by atoms with E-state index in [1.165, 1.54) is 32.1 Å². The molecule has 1 saturated carbocycles. The molecule has 0 aromatic heterocycles. The van der Waals surface area contributed by atoms with Crippen LogP contribution in [0.2, 0.25) is 0 Å². The molecule has 1 fully saturated rings. The van der Waals surface area contributed by atoms with Crippen LogP contribution in [0.5, 0.6) is 0 Å². The van der Waals surface area contributed by atoms with E-state index in [0.717, 1.165) is 5.92 Å². The fourth-order valence-corrected chi connectivity index (χ4v) is 1.19. The van der Waals surface area contributed by atoms with Gasteiger partial charge in [0.15, 0.2) is 0 Å². The number of hydrogen-bond donors (Lipinski definition) is 1. The van der Waals surface area contributed by atoms with Crippen molar-refractivity contribution in [2.24, 2.45) is 5.92 Å². The van der Waals surface area contributed by atoms with E-state index >= 15 is 0 Å². The van der Waals surface area contributed by atoms with E-state index in [2.05, 4.69) is 6.92 Å². The number of halogens is 1. The van der Waals surface area contributed by atoms with Crippen LogP contribution >= 0.6 is 0 Å². The molecule has 1 aliphatic rings. The van der Waals surface area contributed by atoms with E-state index in [-0.39, 0.29) is 46.2 Å². The van der Waals surface area contributed by atoms with Gasteiger partial charge in [-0.1, -0.05) is 32.1 Å². The molecular formula is C7H16BrMgN. The summed E-state index contributed by atoms with van der Waals surface area (Å²) in [5.41, 5.74) is 0. The van der Waals surface area contributed by atoms with Gasteiger partial charge in [-0.15, -0.1) is 0 Å². The van der Waals surface area contributed by atoms with Crippen LogP contribution in [0.15, 0.2) is 0 Å². The number of hydrogen-bond acceptors (Lipinski definition) is 1. The molecule has 0 spiro atoms. The Balaban J connectivity index is -0.000000163. The first-order valence-electron chi connectivity index (χ1n) is 3.22. The normalized spacial score (nSPS) is 17.7. The minimum absolute atomic E-state index is 0. The molecule has 0 aliphatic heterocycles. The molecule has 3 heteroatoms. The molecule has 3 N–H and O–H groups in total. The second kappa shape index (κ2) is 10.2. The minimum atomic E-state index is 0. The predicted octanol–water partition coefficient (Wildman–Crippen LogP) is -0.814. The maximum Gasteiger partial charge on any atom is 2.00 e. The second-order valence-corrected chi connectivity index (χ2v) is 2.50. The average Bonchev–Trinajstić information content (AvgIpc) is 1.69. The van der Waals surface area contributed by atoms with E-state index in [4.69, 9.17) is 0 Å². The molecule has 58 valence electrons. The summed E-state index contributed by atoms with van der Waals surface area (Å²) >= 11 is 0. The van der Waals surface area contributed by atoms with Gasteiger partial charge < -0.3 is 30.1 Å². The SMILES string of the molecule is N.[Br-].[CH2-]C1CCCCC1.[Mg+2]. The van der Waals surface area contributed by atoms with E-state index < -0.39 is 0 Å². The summed E-state index contributed by atoms with van der Waals surface area (Å²) in [5.74, 6) is 0.786. The maximum absolute atomic E-state index is 4.00. The van der Waals surface area contributed by atoms with Gasteiger partial charge in [0.1, 0.15) is 0 Å². The van der Waals surface area contributed by atoms with Crippen LogP contribution in [0, 0.1) is 12.8 Å². The zero-order valence-corrected chi connectivity index (χ0v) is 9.61. The van der Waals surface area contributed by atoms with Crippen LogP contribution in [0.3, 0.4) is 0 Å². The summed E-state index contributed by atoms with van der Waals surface area (Å²) in [7, 11) is 0. The summed E-state index contributed by atoms with van der Waals surface area (Å²) in [6, 6.07) is 0. The summed E-state index contributed by atoms with van der Waals surface area (Å²) < 4.78 is 0. The summed E-state index contributed by atoms with van der Waals surface area (Å²) in [6.45, 7) is 4.00. The summed E-state index contributed by atoms with van der Waals surface area (Å²) in [4.78, 5) is 0. The molecule has 1 nitrogen and oxygen atoms in total. The van der Waals surface area contributed by atoms with Crippen LogP contribution in [0.25, 0.3) is 0 Å². The average molecular weight is 218 g/mol. The van der Waals surface area contributed by atoms with Crippen LogP contribution in [0.4, 0.5) is 0 Å². The van der Waals surface area contributed by atoms with Crippen molar-refractivity contribution >= 4 is 23.1 Å². The van der Waals surface area contributed by atoms with Crippen molar-refractivity contribution in [2.75, 3.05) is 0 Å². The molecular weight excluding hydrogens is 202 g/mol. The van der Waals surface area contributed by atoms with E-state index in [1.807, 2.05) is 0 Å². The topological polar surface area (TPSA) is 35.0 Å². The predicted molar refractivity (Wildman–Crippen MR) is 42.7 cm³/mol. The first-order chi connectivity index (χ1) is 3.39. The summed E-state index contributed by atoms with van der Waals surface area (Å²) in [5, 5.41) is 0. The standard InChI is InChI=1S/C7H13.BrH.Mg.H3N/c1-7-5-3-2-4-6-7;;;/h7H,1-6H2;1H;;1H3/q-1;;+2;/p-1. The third-order valence-corrected chi connectivity index (χ3v) is 1.72. The summed E-state index contributed by atoms with van der Waals surface area (Å²) in [6.07, 6.45) is 7.05. The van der Waals surface area contributed by atoms with Gasteiger partial charge in [-0.2, -0.15) is 5.92 Å². The molecule has 0 amide bonds. The van der Waals surface area contributed by atoms with Gasteiger partial charge in [-0.25, -0.2) is 0 Å². The Kier molecular flexibility index (Phi) is 17.7. The van der Waals surface area contributed by atoms with E-state index in [1.54, 1.807) is 0 Å². The Morgan fingerprint density at radius 3 is 1.60 bits per heavy atom. The first-order valence-corrected chi connectivity index (χ1v) is 3.22. The Morgan fingerprint density at radius 1 is 1.00 bits per heavy atom. The molecule has 0 bridgehead atoms. The van der Waals surface area contributed by atoms with Gasteiger partial charge in [0.2, 0.25) is 0 Å². The zero-order valence-electron chi connectivity index (χ0n) is 6.61. The fourth-order valence-electron chi connectivity index (χ4n) is 1.19.